The van der Waals surface area contributed by atoms with Crippen molar-refractivity contribution in [2.24, 2.45) is 0 Å². The van der Waals surface area contributed by atoms with E-state index in [1.54, 1.807) is 31.4 Å². The Labute approximate surface area is 115 Å². The molecule has 1 atom stereocenters. The van der Waals surface area contributed by atoms with E-state index < -0.39 is 11.5 Å². The smallest absolute Gasteiger partial charge is 0.330 e. The molecule has 1 aromatic rings. The van der Waals surface area contributed by atoms with Crippen molar-refractivity contribution < 1.29 is 19.4 Å². The summed E-state index contributed by atoms with van der Waals surface area (Å²) in [6.45, 7) is 0. The fraction of sp³-hybridized carbons (Fsp3) is 0.385. The largest absolute Gasteiger partial charge is 0.497 e. The first-order valence-corrected chi connectivity index (χ1v) is 7.00. The van der Waals surface area contributed by atoms with Gasteiger partial charge in [-0.3, -0.25) is 4.79 Å². The molecule has 0 radical (unpaired) electrons. The van der Waals surface area contributed by atoms with Crippen LogP contribution in [0.5, 0.6) is 5.75 Å². The van der Waals surface area contributed by atoms with E-state index in [0.29, 0.717) is 23.5 Å². The Morgan fingerprint density at radius 3 is 2.53 bits per heavy atom. The molecule has 0 saturated carbocycles. The molecule has 5 nitrogen and oxygen atoms in total. The third kappa shape index (κ3) is 2.84. The number of carbonyl (C=O) groups is 2. The molecule has 1 amide bonds. The average molecular weight is 281 g/mol. The number of aliphatic carboxylic acids is 1. The second kappa shape index (κ2) is 5.52. The Balaban J connectivity index is 2.13. The zero-order valence-corrected chi connectivity index (χ0v) is 11.3. The second-order valence-corrected chi connectivity index (χ2v) is 5.48. The summed E-state index contributed by atoms with van der Waals surface area (Å²) >= 11 is 1.54. The molecule has 0 spiro atoms. The molecule has 2 N–H and O–H groups in total. The first-order valence-electron chi connectivity index (χ1n) is 5.85. The SMILES string of the molecule is COc1ccc(C(=O)NC2(C(=O)O)CCSC2)cc1. The van der Waals surface area contributed by atoms with E-state index in [1.165, 1.54) is 11.8 Å². The fourth-order valence-electron chi connectivity index (χ4n) is 1.92. The van der Waals surface area contributed by atoms with Gasteiger partial charge in [-0.2, -0.15) is 11.8 Å². The zero-order valence-electron chi connectivity index (χ0n) is 10.5. The number of benzene rings is 1. The summed E-state index contributed by atoms with van der Waals surface area (Å²) in [6.07, 6.45) is 0.453. The number of methoxy groups -OCH3 is 1. The molecular formula is C13H15NO4S. The average Bonchev–Trinajstić information content (AvgIpc) is 2.88. The third-order valence-corrected chi connectivity index (χ3v) is 4.33. The summed E-state index contributed by atoms with van der Waals surface area (Å²) in [5, 5.41) is 11.9. The lowest BCUT2D eigenvalue weighted by Crippen LogP contribution is -2.54. The molecule has 1 unspecified atom stereocenters. The van der Waals surface area contributed by atoms with E-state index in [-0.39, 0.29) is 5.91 Å². The van der Waals surface area contributed by atoms with Crippen LogP contribution in [0.3, 0.4) is 0 Å². The van der Waals surface area contributed by atoms with E-state index in [9.17, 15) is 14.7 Å². The van der Waals surface area contributed by atoms with Gasteiger partial charge in [0.05, 0.1) is 7.11 Å². The minimum atomic E-state index is -1.14. The maximum absolute atomic E-state index is 12.1. The van der Waals surface area contributed by atoms with Crippen LogP contribution >= 0.6 is 11.8 Å². The molecule has 1 fully saturated rings. The molecule has 102 valence electrons. The molecule has 6 heteroatoms. The highest BCUT2D eigenvalue weighted by atomic mass is 32.2. The number of amides is 1. The monoisotopic (exact) mass is 281 g/mol. The van der Waals surface area contributed by atoms with E-state index in [2.05, 4.69) is 5.32 Å². The summed E-state index contributed by atoms with van der Waals surface area (Å²) in [5.41, 5.74) is -0.708. The number of ether oxygens (including phenoxy) is 1. The standard InChI is InChI=1S/C13H15NO4S/c1-18-10-4-2-9(3-5-10)11(15)14-13(12(16)17)6-7-19-8-13/h2-5H,6-8H2,1H3,(H,14,15)(H,16,17). The van der Waals surface area contributed by atoms with Gasteiger partial charge >= 0.3 is 5.97 Å². The topological polar surface area (TPSA) is 75.6 Å². The maximum atomic E-state index is 12.1. The summed E-state index contributed by atoms with van der Waals surface area (Å²) < 4.78 is 5.01. The van der Waals surface area contributed by atoms with Crippen LogP contribution in [0.15, 0.2) is 24.3 Å². The molecular weight excluding hydrogens is 266 g/mol. The van der Waals surface area contributed by atoms with Gasteiger partial charge in [-0.1, -0.05) is 0 Å². The van der Waals surface area contributed by atoms with Crippen molar-refractivity contribution >= 4 is 23.6 Å². The van der Waals surface area contributed by atoms with Gasteiger partial charge in [-0.05, 0) is 36.4 Å². The van der Waals surface area contributed by atoms with E-state index in [0.717, 1.165) is 5.75 Å². The Hall–Kier alpha value is -1.69. The number of hydrogen-bond donors (Lipinski definition) is 2. The number of rotatable bonds is 4. The Bertz CT molecular complexity index is 480. The quantitative estimate of drug-likeness (QED) is 0.872. The number of carboxylic acids is 1. The molecule has 1 heterocycles. The second-order valence-electron chi connectivity index (χ2n) is 4.37. The number of nitrogens with one attached hydrogen (secondary N) is 1. The van der Waals surface area contributed by atoms with Crippen molar-refractivity contribution in [2.75, 3.05) is 18.6 Å². The Kier molecular flexibility index (Phi) is 3.99. The minimum absolute atomic E-state index is 0.368. The highest BCUT2D eigenvalue weighted by molar-refractivity contribution is 7.99. The van der Waals surface area contributed by atoms with Gasteiger partial charge in [-0.25, -0.2) is 4.79 Å². The van der Waals surface area contributed by atoms with E-state index in [1.807, 2.05) is 0 Å². The summed E-state index contributed by atoms with van der Waals surface area (Å²) in [5.74, 6) is 0.465. The summed E-state index contributed by atoms with van der Waals surface area (Å²) in [7, 11) is 1.55. The van der Waals surface area contributed by atoms with Crippen LogP contribution in [0.25, 0.3) is 0 Å². The van der Waals surface area contributed by atoms with Crippen molar-refractivity contribution in [1.29, 1.82) is 0 Å². The van der Waals surface area contributed by atoms with E-state index in [4.69, 9.17) is 4.74 Å². The number of thioether (sulfide) groups is 1. The molecule has 2 rings (SSSR count). The molecule has 1 aliphatic heterocycles. The highest BCUT2D eigenvalue weighted by Crippen LogP contribution is 2.28. The normalized spacial score (nSPS) is 21.9. The van der Waals surface area contributed by atoms with Crippen molar-refractivity contribution in [3.63, 3.8) is 0 Å². The first kappa shape index (κ1) is 13.7. The van der Waals surface area contributed by atoms with Gasteiger partial charge in [-0.15, -0.1) is 0 Å². The Morgan fingerprint density at radius 2 is 2.05 bits per heavy atom. The predicted molar refractivity (Wildman–Crippen MR) is 72.8 cm³/mol. The van der Waals surface area contributed by atoms with Crippen LogP contribution in [0.4, 0.5) is 0 Å². The van der Waals surface area contributed by atoms with Crippen LogP contribution in [-0.4, -0.2) is 41.1 Å². The van der Waals surface area contributed by atoms with Crippen molar-refractivity contribution in [2.45, 2.75) is 12.0 Å². The van der Waals surface area contributed by atoms with Crippen molar-refractivity contribution in [3.05, 3.63) is 29.8 Å². The summed E-state index contributed by atoms with van der Waals surface area (Å²) in [6, 6.07) is 6.58. The summed E-state index contributed by atoms with van der Waals surface area (Å²) in [4.78, 5) is 23.4. The number of carbonyl (C=O) groups excluding carboxylic acids is 1. The fourth-order valence-corrected chi connectivity index (χ4v) is 3.24. The molecule has 1 saturated heterocycles. The van der Waals surface area contributed by atoms with Crippen LogP contribution in [0.1, 0.15) is 16.8 Å². The van der Waals surface area contributed by atoms with Gasteiger partial charge in [0, 0.05) is 11.3 Å². The van der Waals surface area contributed by atoms with Crippen LogP contribution < -0.4 is 10.1 Å². The van der Waals surface area contributed by atoms with Crippen LogP contribution in [0, 0.1) is 0 Å². The molecule has 1 aliphatic rings. The lowest BCUT2D eigenvalue weighted by Gasteiger charge is -2.24. The number of hydrogen-bond acceptors (Lipinski definition) is 4. The van der Waals surface area contributed by atoms with Crippen LogP contribution in [-0.2, 0) is 4.79 Å². The van der Waals surface area contributed by atoms with Gasteiger partial charge in [0.15, 0.2) is 0 Å². The lowest BCUT2D eigenvalue weighted by atomic mass is 9.98. The van der Waals surface area contributed by atoms with Crippen molar-refractivity contribution in [1.82, 2.24) is 5.32 Å². The molecule has 19 heavy (non-hydrogen) atoms. The number of carboxylic acid groups (broad SMARTS) is 1. The first-order chi connectivity index (χ1) is 9.07. The minimum Gasteiger partial charge on any atom is -0.497 e. The van der Waals surface area contributed by atoms with Gasteiger partial charge in [0.25, 0.3) is 5.91 Å². The highest BCUT2D eigenvalue weighted by Gasteiger charge is 2.43. The van der Waals surface area contributed by atoms with Gasteiger partial charge in [0.2, 0.25) is 0 Å². The van der Waals surface area contributed by atoms with Crippen molar-refractivity contribution in [3.8, 4) is 5.75 Å². The van der Waals surface area contributed by atoms with Crippen LogP contribution in [0.2, 0.25) is 0 Å². The van der Waals surface area contributed by atoms with Gasteiger partial charge in [0.1, 0.15) is 11.3 Å². The van der Waals surface area contributed by atoms with E-state index >= 15 is 0 Å². The third-order valence-electron chi connectivity index (χ3n) is 3.14. The maximum Gasteiger partial charge on any atom is 0.330 e. The Morgan fingerprint density at radius 1 is 1.37 bits per heavy atom. The lowest BCUT2D eigenvalue weighted by molar-refractivity contribution is -0.143. The molecule has 0 aliphatic carbocycles. The zero-order chi connectivity index (χ0) is 13.9. The molecule has 0 aromatic heterocycles. The molecule has 0 bridgehead atoms. The predicted octanol–water partition coefficient (Wildman–Crippen LogP) is 1.39. The van der Waals surface area contributed by atoms with Gasteiger partial charge < -0.3 is 15.2 Å². The molecule has 1 aromatic carbocycles.